The molecule has 1 heterocycles. The number of carbonyl (C=O) groups is 1. The van der Waals surface area contributed by atoms with Crippen molar-refractivity contribution < 1.29 is 26.7 Å². The second-order valence-corrected chi connectivity index (χ2v) is 8.48. The summed E-state index contributed by atoms with van der Waals surface area (Å²) in [6.07, 6.45) is 1.62. The molecule has 0 unspecified atom stereocenters. The van der Waals surface area contributed by atoms with E-state index in [2.05, 4.69) is 5.32 Å². The van der Waals surface area contributed by atoms with Gasteiger partial charge in [0.05, 0.1) is 9.92 Å². The van der Waals surface area contributed by atoms with Crippen molar-refractivity contribution in [2.24, 2.45) is 0 Å². The monoisotopic (exact) mass is 430 g/mol. The molecule has 1 aliphatic heterocycles. The molecule has 150 valence electrons. The minimum Gasteiger partial charge on any atom is -0.482 e. The van der Waals surface area contributed by atoms with Crippen molar-refractivity contribution in [1.29, 1.82) is 0 Å². The van der Waals surface area contributed by atoms with Crippen molar-refractivity contribution >= 4 is 33.2 Å². The molecule has 1 N–H and O–H groups in total. The van der Waals surface area contributed by atoms with Crippen molar-refractivity contribution in [2.45, 2.75) is 17.7 Å². The van der Waals surface area contributed by atoms with E-state index in [9.17, 15) is 22.0 Å². The highest BCUT2D eigenvalue weighted by Crippen LogP contribution is 2.30. The van der Waals surface area contributed by atoms with Crippen LogP contribution in [0.1, 0.15) is 12.8 Å². The predicted octanol–water partition coefficient (Wildman–Crippen LogP) is 3.42. The number of ether oxygens (including phenoxy) is 1. The molecule has 0 aromatic heterocycles. The number of amides is 1. The van der Waals surface area contributed by atoms with E-state index in [4.69, 9.17) is 16.3 Å². The third-order valence-electron chi connectivity index (χ3n) is 4.19. The molecular weight excluding hydrogens is 414 g/mol. The van der Waals surface area contributed by atoms with Crippen molar-refractivity contribution in [3.8, 4) is 5.75 Å². The largest absolute Gasteiger partial charge is 0.482 e. The van der Waals surface area contributed by atoms with E-state index in [-0.39, 0.29) is 15.7 Å². The van der Waals surface area contributed by atoms with E-state index in [0.29, 0.717) is 13.1 Å². The number of nitrogens with one attached hydrogen (secondary N) is 1. The maximum absolute atomic E-state index is 13.5. The van der Waals surface area contributed by atoms with E-state index in [1.54, 1.807) is 0 Å². The molecule has 0 radical (unpaired) electrons. The van der Waals surface area contributed by atoms with Crippen LogP contribution in [0.4, 0.5) is 14.5 Å². The van der Waals surface area contributed by atoms with Crippen molar-refractivity contribution in [2.75, 3.05) is 25.0 Å². The Hall–Kier alpha value is -2.23. The Balaban J connectivity index is 1.66. The average Bonchev–Trinajstić information content (AvgIpc) is 3.19. The highest BCUT2D eigenvalue weighted by Gasteiger charge is 2.27. The van der Waals surface area contributed by atoms with Crippen LogP contribution in [0.15, 0.2) is 41.3 Å². The number of rotatable bonds is 6. The van der Waals surface area contributed by atoms with Crippen LogP contribution in [0.5, 0.6) is 5.75 Å². The number of anilines is 1. The van der Waals surface area contributed by atoms with Gasteiger partial charge in [-0.15, -0.1) is 0 Å². The number of hydrogen-bond acceptors (Lipinski definition) is 4. The molecule has 10 heteroatoms. The zero-order chi connectivity index (χ0) is 20.3. The lowest BCUT2D eigenvalue weighted by Gasteiger charge is -2.16. The van der Waals surface area contributed by atoms with Crippen LogP contribution in [0.25, 0.3) is 0 Å². The van der Waals surface area contributed by atoms with Gasteiger partial charge in [-0.2, -0.15) is 4.31 Å². The van der Waals surface area contributed by atoms with Crippen LogP contribution >= 0.6 is 11.6 Å². The Bertz CT molecular complexity index is 975. The maximum atomic E-state index is 13.5. The predicted molar refractivity (Wildman–Crippen MR) is 99.9 cm³/mol. The molecule has 2 aromatic rings. The van der Waals surface area contributed by atoms with Crippen LogP contribution < -0.4 is 10.1 Å². The summed E-state index contributed by atoms with van der Waals surface area (Å²) >= 11 is 6.08. The van der Waals surface area contributed by atoms with E-state index < -0.39 is 39.9 Å². The first kappa shape index (κ1) is 20.5. The molecular formula is C18H17ClF2N2O4S. The Morgan fingerprint density at radius 2 is 1.79 bits per heavy atom. The molecule has 1 fully saturated rings. The highest BCUT2D eigenvalue weighted by atomic mass is 35.5. The van der Waals surface area contributed by atoms with E-state index in [1.807, 2.05) is 0 Å². The van der Waals surface area contributed by atoms with Crippen molar-refractivity contribution in [3.63, 3.8) is 0 Å². The van der Waals surface area contributed by atoms with E-state index in [1.165, 1.54) is 28.6 Å². The Morgan fingerprint density at radius 1 is 1.14 bits per heavy atom. The summed E-state index contributed by atoms with van der Waals surface area (Å²) in [5.74, 6) is -2.55. The SMILES string of the molecule is O=C(COc1ccc(S(=O)(=O)N2CCCC2)cc1Cl)Nc1c(F)cccc1F. The second-order valence-electron chi connectivity index (χ2n) is 6.14. The smallest absolute Gasteiger partial charge is 0.262 e. The highest BCUT2D eigenvalue weighted by molar-refractivity contribution is 7.89. The van der Waals surface area contributed by atoms with Gasteiger partial charge in [0, 0.05) is 13.1 Å². The van der Waals surface area contributed by atoms with Gasteiger partial charge in [0.25, 0.3) is 5.91 Å². The third kappa shape index (κ3) is 4.43. The second kappa shape index (κ2) is 8.42. The van der Waals surface area contributed by atoms with E-state index in [0.717, 1.165) is 25.0 Å². The quantitative estimate of drug-likeness (QED) is 0.762. The molecule has 0 saturated carbocycles. The fraction of sp³-hybridized carbons (Fsp3) is 0.278. The minimum absolute atomic E-state index is 0.00476. The van der Waals surface area contributed by atoms with Crippen LogP contribution in [-0.2, 0) is 14.8 Å². The molecule has 6 nitrogen and oxygen atoms in total. The number of hydrogen-bond donors (Lipinski definition) is 1. The van der Waals surface area contributed by atoms with Crippen LogP contribution in [0.2, 0.25) is 5.02 Å². The number of benzene rings is 2. The van der Waals surface area contributed by atoms with Crippen LogP contribution in [-0.4, -0.2) is 38.3 Å². The zero-order valence-corrected chi connectivity index (χ0v) is 16.2. The van der Waals surface area contributed by atoms with E-state index >= 15 is 0 Å². The number of halogens is 3. The lowest BCUT2D eigenvalue weighted by atomic mass is 10.3. The molecule has 0 bridgehead atoms. The third-order valence-corrected chi connectivity index (χ3v) is 6.38. The lowest BCUT2D eigenvalue weighted by Crippen LogP contribution is -2.27. The van der Waals surface area contributed by atoms with Gasteiger partial charge in [0.2, 0.25) is 10.0 Å². The number of carbonyl (C=O) groups excluding carboxylic acids is 1. The molecule has 0 spiro atoms. The Kier molecular flexibility index (Phi) is 6.17. The lowest BCUT2D eigenvalue weighted by molar-refractivity contribution is -0.118. The Morgan fingerprint density at radius 3 is 2.39 bits per heavy atom. The van der Waals surface area contributed by atoms with Gasteiger partial charge in [0.15, 0.2) is 6.61 Å². The van der Waals surface area contributed by atoms with Gasteiger partial charge in [-0.3, -0.25) is 4.79 Å². The first-order valence-corrected chi connectivity index (χ1v) is 10.3. The summed E-state index contributed by atoms with van der Waals surface area (Å²) in [5, 5.41) is 2.09. The van der Waals surface area contributed by atoms with Gasteiger partial charge in [-0.05, 0) is 43.2 Å². The molecule has 0 atom stereocenters. The van der Waals surface area contributed by atoms with Gasteiger partial charge in [-0.1, -0.05) is 17.7 Å². The summed E-state index contributed by atoms with van der Waals surface area (Å²) in [5.41, 5.74) is -0.575. The standard InChI is InChI=1S/C18H17ClF2N2O4S/c19-13-10-12(28(25,26)23-8-1-2-9-23)6-7-16(13)27-11-17(24)22-18-14(20)4-3-5-15(18)21/h3-7,10H,1-2,8-9,11H2,(H,22,24). The summed E-state index contributed by atoms with van der Waals surface area (Å²) < 4.78 is 58.8. The van der Waals surface area contributed by atoms with Crippen molar-refractivity contribution in [1.82, 2.24) is 4.31 Å². The number of sulfonamides is 1. The fourth-order valence-electron chi connectivity index (χ4n) is 2.77. The molecule has 1 saturated heterocycles. The molecule has 3 rings (SSSR count). The minimum atomic E-state index is -3.63. The van der Waals surface area contributed by atoms with Gasteiger partial charge in [0.1, 0.15) is 23.1 Å². The topological polar surface area (TPSA) is 75.7 Å². The molecule has 0 aliphatic carbocycles. The van der Waals surface area contributed by atoms with Gasteiger partial charge in [-0.25, -0.2) is 17.2 Å². The van der Waals surface area contributed by atoms with Crippen LogP contribution in [0.3, 0.4) is 0 Å². The summed E-state index contributed by atoms with van der Waals surface area (Å²) in [4.78, 5) is 11.9. The average molecular weight is 431 g/mol. The van der Waals surface area contributed by atoms with Crippen LogP contribution in [0, 0.1) is 11.6 Å². The first-order valence-electron chi connectivity index (χ1n) is 8.45. The van der Waals surface area contributed by atoms with Gasteiger partial charge >= 0.3 is 0 Å². The fourth-order valence-corrected chi connectivity index (χ4v) is 4.62. The zero-order valence-electron chi connectivity index (χ0n) is 14.6. The molecule has 2 aromatic carbocycles. The molecule has 28 heavy (non-hydrogen) atoms. The summed E-state index contributed by atoms with van der Waals surface area (Å²) in [7, 11) is -3.63. The maximum Gasteiger partial charge on any atom is 0.262 e. The summed E-state index contributed by atoms with van der Waals surface area (Å²) in [6, 6.07) is 7.12. The Labute approximate surface area is 166 Å². The number of para-hydroxylation sites is 1. The first-order chi connectivity index (χ1) is 13.3. The molecule has 1 amide bonds. The summed E-state index contributed by atoms with van der Waals surface area (Å²) in [6.45, 7) is 0.363. The molecule has 1 aliphatic rings. The number of nitrogens with zero attached hydrogens (tertiary/aromatic N) is 1. The van der Waals surface area contributed by atoms with Crippen molar-refractivity contribution in [3.05, 3.63) is 53.1 Å². The van der Waals surface area contributed by atoms with Gasteiger partial charge < -0.3 is 10.1 Å². The normalized spacial score (nSPS) is 14.8.